The van der Waals surface area contributed by atoms with Crippen molar-refractivity contribution in [3.63, 3.8) is 0 Å². The van der Waals surface area contributed by atoms with E-state index < -0.39 is 0 Å². The van der Waals surface area contributed by atoms with Crippen molar-refractivity contribution in [1.29, 1.82) is 0 Å². The Bertz CT molecular complexity index is 471. The van der Waals surface area contributed by atoms with Gasteiger partial charge in [-0.1, -0.05) is 31.5 Å². The van der Waals surface area contributed by atoms with Crippen LogP contribution in [0.4, 0.5) is 0 Å². The molecule has 1 aromatic rings. The summed E-state index contributed by atoms with van der Waals surface area (Å²) in [6, 6.07) is 6.10. The molecule has 0 amide bonds. The van der Waals surface area contributed by atoms with Crippen LogP contribution in [0.25, 0.3) is 0 Å². The highest BCUT2D eigenvalue weighted by Gasteiger charge is 2.38. The zero-order valence-electron chi connectivity index (χ0n) is 10.9. The van der Waals surface area contributed by atoms with Crippen molar-refractivity contribution in [2.24, 2.45) is 5.41 Å². The quantitative estimate of drug-likeness (QED) is 0.856. The smallest absolute Gasteiger partial charge is 0.319 e. The predicted octanol–water partition coefficient (Wildman–Crippen LogP) is 2.73. The minimum absolute atomic E-state index is 0.0705. The van der Waals surface area contributed by atoms with Crippen LogP contribution in [0.15, 0.2) is 18.2 Å². The zero-order chi connectivity index (χ0) is 13.3. The van der Waals surface area contributed by atoms with Crippen molar-refractivity contribution >= 4 is 17.6 Å². The van der Waals surface area contributed by atoms with Crippen molar-refractivity contribution in [1.82, 2.24) is 5.32 Å². The van der Waals surface area contributed by atoms with Crippen molar-refractivity contribution in [3.8, 4) is 0 Å². The second kappa shape index (κ2) is 4.90. The Kier molecular flexibility index (Phi) is 3.64. The van der Waals surface area contributed by atoms with E-state index in [4.69, 9.17) is 11.6 Å². The van der Waals surface area contributed by atoms with Crippen molar-refractivity contribution in [2.45, 2.75) is 26.3 Å². The van der Waals surface area contributed by atoms with Crippen LogP contribution < -0.4 is 5.32 Å². The Morgan fingerprint density at radius 1 is 1.56 bits per heavy atom. The van der Waals surface area contributed by atoms with Gasteiger partial charge < -0.3 is 4.74 Å². The van der Waals surface area contributed by atoms with E-state index in [1.807, 2.05) is 12.1 Å². The van der Waals surface area contributed by atoms with E-state index in [1.54, 1.807) is 0 Å². The molecule has 0 spiro atoms. The van der Waals surface area contributed by atoms with Gasteiger partial charge in [-0.3, -0.25) is 10.1 Å². The van der Waals surface area contributed by atoms with Gasteiger partial charge in [-0.25, -0.2) is 0 Å². The average molecular weight is 268 g/mol. The molecule has 4 heteroatoms. The Labute approximate surface area is 112 Å². The lowest BCUT2D eigenvalue weighted by atomic mass is 9.85. The topological polar surface area (TPSA) is 38.3 Å². The predicted molar refractivity (Wildman–Crippen MR) is 71.7 cm³/mol. The maximum Gasteiger partial charge on any atom is 0.319 e. The van der Waals surface area contributed by atoms with Crippen LogP contribution in [-0.2, 0) is 16.0 Å². The van der Waals surface area contributed by atoms with Crippen molar-refractivity contribution in [3.05, 3.63) is 34.3 Å². The molecule has 1 unspecified atom stereocenters. The van der Waals surface area contributed by atoms with Gasteiger partial charge in [0.1, 0.15) is 0 Å². The van der Waals surface area contributed by atoms with E-state index in [1.165, 1.54) is 18.2 Å². The van der Waals surface area contributed by atoms with Gasteiger partial charge in [0.05, 0.1) is 13.7 Å². The number of hydrogen-bond donors (Lipinski definition) is 1. The molecule has 0 fully saturated rings. The summed E-state index contributed by atoms with van der Waals surface area (Å²) in [7, 11) is 1.40. The molecule has 1 aliphatic rings. The fraction of sp³-hybridized carbons (Fsp3) is 0.500. The Hall–Kier alpha value is -1.06. The number of carbonyl (C=O) groups excluding carboxylic acids is 1. The molecule has 2 rings (SSSR count). The Morgan fingerprint density at radius 2 is 2.28 bits per heavy atom. The number of nitrogens with one attached hydrogen (secondary N) is 1. The van der Waals surface area contributed by atoms with E-state index in [2.05, 4.69) is 30.0 Å². The SMILES string of the molecule is COC(=O)CNC1c2cc(Cl)ccc2CC1(C)C. The Morgan fingerprint density at radius 3 is 2.94 bits per heavy atom. The van der Waals surface area contributed by atoms with Crippen molar-refractivity contribution < 1.29 is 9.53 Å². The van der Waals surface area contributed by atoms with Gasteiger partial charge in [-0.2, -0.15) is 0 Å². The number of carbonyl (C=O) groups is 1. The van der Waals surface area contributed by atoms with Crippen LogP contribution in [0, 0.1) is 5.41 Å². The molecule has 1 N–H and O–H groups in total. The van der Waals surface area contributed by atoms with Gasteiger partial charge in [0.25, 0.3) is 0 Å². The van der Waals surface area contributed by atoms with E-state index in [0.717, 1.165) is 11.4 Å². The van der Waals surface area contributed by atoms with Gasteiger partial charge in [0.15, 0.2) is 0 Å². The first-order chi connectivity index (χ1) is 8.44. The van der Waals surface area contributed by atoms with E-state index in [-0.39, 0.29) is 24.0 Å². The molecule has 0 saturated heterocycles. The number of benzene rings is 1. The third-order valence-corrected chi connectivity index (χ3v) is 3.76. The minimum atomic E-state index is -0.249. The summed E-state index contributed by atoms with van der Waals surface area (Å²) in [6.07, 6.45) is 0.984. The highest BCUT2D eigenvalue weighted by Crippen LogP contribution is 2.45. The number of ether oxygens (including phenoxy) is 1. The fourth-order valence-corrected chi connectivity index (χ4v) is 2.83. The molecule has 0 heterocycles. The molecule has 1 aliphatic carbocycles. The molecular weight excluding hydrogens is 250 g/mol. The molecule has 0 bridgehead atoms. The number of halogens is 1. The zero-order valence-corrected chi connectivity index (χ0v) is 11.7. The maximum absolute atomic E-state index is 11.2. The number of rotatable bonds is 3. The average Bonchev–Trinajstić information content (AvgIpc) is 2.56. The van der Waals surface area contributed by atoms with Gasteiger partial charge in [-0.15, -0.1) is 0 Å². The van der Waals surface area contributed by atoms with Gasteiger partial charge in [0, 0.05) is 11.1 Å². The van der Waals surface area contributed by atoms with Crippen molar-refractivity contribution in [2.75, 3.05) is 13.7 Å². The van der Waals surface area contributed by atoms with Crippen LogP contribution in [-0.4, -0.2) is 19.6 Å². The number of esters is 1. The standard InChI is InChI=1S/C14H18ClNO2/c1-14(2)7-9-4-5-10(15)6-11(9)13(14)16-8-12(17)18-3/h4-6,13,16H,7-8H2,1-3H3. The summed E-state index contributed by atoms with van der Waals surface area (Å²) in [5.74, 6) is -0.249. The molecule has 0 aliphatic heterocycles. The fourth-order valence-electron chi connectivity index (χ4n) is 2.65. The molecule has 18 heavy (non-hydrogen) atoms. The molecule has 1 aromatic carbocycles. The first kappa shape index (κ1) is 13.4. The largest absolute Gasteiger partial charge is 0.468 e. The molecule has 3 nitrogen and oxygen atoms in total. The minimum Gasteiger partial charge on any atom is -0.468 e. The first-order valence-corrected chi connectivity index (χ1v) is 6.40. The first-order valence-electron chi connectivity index (χ1n) is 6.02. The molecule has 0 radical (unpaired) electrons. The summed E-state index contributed by atoms with van der Waals surface area (Å²) >= 11 is 6.05. The molecule has 0 aromatic heterocycles. The van der Waals surface area contributed by atoms with Crippen LogP contribution in [0.3, 0.4) is 0 Å². The van der Waals surface area contributed by atoms with Crippen LogP contribution in [0.1, 0.15) is 31.0 Å². The van der Waals surface area contributed by atoms with E-state index in [0.29, 0.717) is 0 Å². The van der Waals surface area contributed by atoms with Crippen LogP contribution >= 0.6 is 11.6 Å². The summed E-state index contributed by atoms with van der Waals surface area (Å²) in [6.45, 7) is 4.60. The van der Waals surface area contributed by atoms with Gasteiger partial charge >= 0.3 is 5.97 Å². The molecule has 0 saturated carbocycles. The second-order valence-corrected chi connectivity index (χ2v) is 5.83. The summed E-state index contributed by atoms with van der Waals surface area (Å²) in [5, 5.41) is 4.01. The van der Waals surface area contributed by atoms with Gasteiger partial charge in [0.2, 0.25) is 0 Å². The highest BCUT2D eigenvalue weighted by atomic mass is 35.5. The van der Waals surface area contributed by atoms with E-state index >= 15 is 0 Å². The summed E-state index contributed by atoms with van der Waals surface area (Å²) in [4.78, 5) is 11.2. The molecular formula is C14H18ClNO2. The maximum atomic E-state index is 11.2. The Balaban J connectivity index is 2.23. The van der Waals surface area contributed by atoms with Crippen LogP contribution in [0.2, 0.25) is 5.02 Å². The molecule has 98 valence electrons. The molecule has 1 atom stereocenters. The lowest BCUT2D eigenvalue weighted by Crippen LogP contribution is -2.35. The normalized spacial score (nSPS) is 20.6. The third-order valence-electron chi connectivity index (χ3n) is 3.52. The second-order valence-electron chi connectivity index (χ2n) is 5.40. The van der Waals surface area contributed by atoms with E-state index in [9.17, 15) is 4.79 Å². The summed E-state index contributed by atoms with van der Waals surface area (Å²) in [5.41, 5.74) is 2.56. The highest BCUT2D eigenvalue weighted by molar-refractivity contribution is 6.30. The lowest BCUT2D eigenvalue weighted by Gasteiger charge is -2.28. The number of methoxy groups -OCH3 is 1. The third kappa shape index (κ3) is 2.52. The summed E-state index contributed by atoms with van der Waals surface area (Å²) < 4.78 is 4.66. The lowest BCUT2D eigenvalue weighted by molar-refractivity contribution is -0.139. The number of hydrogen-bond acceptors (Lipinski definition) is 3. The monoisotopic (exact) mass is 267 g/mol. The number of fused-ring (bicyclic) bond motifs is 1. The van der Waals surface area contributed by atoms with Gasteiger partial charge in [-0.05, 0) is 35.1 Å². The van der Waals surface area contributed by atoms with Crippen LogP contribution in [0.5, 0.6) is 0 Å².